The highest BCUT2D eigenvalue weighted by atomic mass is 16.4. The number of aliphatic carboxylic acids is 2. The van der Waals surface area contributed by atoms with Crippen LogP contribution in [0.5, 0.6) is 0 Å². The van der Waals surface area contributed by atoms with E-state index in [9.17, 15) is 29.7 Å². The van der Waals surface area contributed by atoms with E-state index in [1.54, 1.807) is 12.1 Å². The molecule has 5 aliphatic rings. The minimum absolute atomic E-state index is 0.0131. The third-order valence-corrected chi connectivity index (χ3v) is 16.3. The Bertz CT molecular complexity index is 1580. The van der Waals surface area contributed by atoms with Crippen molar-refractivity contribution in [3.63, 3.8) is 0 Å². The largest absolute Gasteiger partial charge is 0.481 e. The molecule has 1 aromatic carbocycles. The number of benzene rings is 1. The van der Waals surface area contributed by atoms with Crippen molar-refractivity contribution in [1.29, 1.82) is 0 Å². The van der Waals surface area contributed by atoms with Gasteiger partial charge in [-0.25, -0.2) is 4.79 Å². The van der Waals surface area contributed by atoms with Crippen LogP contribution in [0.25, 0.3) is 5.57 Å². The molecule has 4 fully saturated rings. The predicted octanol–water partition coefficient (Wildman–Crippen LogP) is 8.63. The summed E-state index contributed by atoms with van der Waals surface area (Å²) in [6.07, 6.45) is 13.1. The number of nitrogens with one attached hydrogen (secondary N) is 1. The van der Waals surface area contributed by atoms with E-state index in [1.165, 1.54) is 43.3 Å². The summed E-state index contributed by atoms with van der Waals surface area (Å²) in [5, 5.41) is 32.2. The third-order valence-electron chi connectivity index (χ3n) is 16.3. The fraction of sp³-hybridized carbons (Fsp3) is 0.705. The van der Waals surface area contributed by atoms with Crippen molar-refractivity contribution in [1.82, 2.24) is 10.2 Å². The molecule has 1 aromatic rings. The molecule has 4 saturated carbocycles. The highest BCUT2D eigenvalue weighted by Gasteiger charge is 2.70. The second-order valence-corrected chi connectivity index (χ2v) is 18.8. The van der Waals surface area contributed by atoms with Gasteiger partial charge in [-0.1, -0.05) is 65.0 Å². The van der Waals surface area contributed by atoms with E-state index in [-0.39, 0.29) is 40.0 Å². The van der Waals surface area contributed by atoms with Gasteiger partial charge in [0.25, 0.3) is 0 Å². The summed E-state index contributed by atoms with van der Waals surface area (Å²) in [7, 11) is 0. The summed E-state index contributed by atoms with van der Waals surface area (Å²) in [5.41, 5.74) is 4.73. The molecule has 0 heterocycles. The average Bonchev–Trinajstić information content (AvgIpc) is 3.46. The topological polar surface area (TPSA) is 127 Å². The van der Waals surface area contributed by atoms with Gasteiger partial charge in [-0.15, -0.1) is 0 Å². The highest BCUT2D eigenvalue weighted by Crippen LogP contribution is 2.76. The first-order valence-electron chi connectivity index (χ1n) is 20.0. The van der Waals surface area contributed by atoms with Crippen LogP contribution in [0.3, 0.4) is 0 Å². The molecule has 286 valence electrons. The molecule has 0 amide bonds. The van der Waals surface area contributed by atoms with Gasteiger partial charge in [0.15, 0.2) is 0 Å². The van der Waals surface area contributed by atoms with Crippen molar-refractivity contribution >= 4 is 23.5 Å². The quantitative estimate of drug-likeness (QED) is 0.150. The normalized spacial score (nSPS) is 37.6. The summed E-state index contributed by atoms with van der Waals surface area (Å²) in [6.45, 7) is 21.7. The number of carbonyl (C=O) groups is 3. The van der Waals surface area contributed by atoms with Crippen molar-refractivity contribution in [3.05, 3.63) is 53.6 Å². The molecular formula is C44H64N2O6. The monoisotopic (exact) mass is 716 g/mol. The van der Waals surface area contributed by atoms with Gasteiger partial charge in [0.1, 0.15) is 0 Å². The Balaban J connectivity index is 1.25. The molecular weight excluding hydrogens is 652 g/mol. The van der Waals surface area contributed by atoms with Crippen molar-refractivity contribution in [2.75, 3.05) is 26.2 Å². The second kappa shape index (κ2) is 14.0. The summed E-state index contributed by atoms with van der Waals surface area (Å²) in [4.78, 5) is 36.3. The molecule has 6 rings (SSSR count). The SMILES string of the molecule is C=C(C)C1CCC2(NCCN(CCC(=O)O)CCC(=O)O)CCC3(C)C(CCC4C5(C)CC=C(c6ccc(C(=O)O)cc6)C(C)(C)C5CCC43C)C12. The number of hydrogen-bond donors (Lipinski definition) is 4. The Hall–Kier alpha value is -2.97. The molecule has 4 N–H and O–H groups in total. The first-order valence-corrected chi connectivity index (χ1v) is 20.0. The predicted molar refractivity (Wildman–Crippen MR) is 205 cm³/mol. The Morgan fingerprint density at radius 1 is 0.808 bits per heavy atom. The van der Waals surface area contributed by atoms with Gasteiger partial charge in [0, 0.05) is 31.7 Å². The van der Waals surface area contributed by atoms with Gasteiger partial charge in [0.05, 0.1) is 18.4 Å². The molecule has 0 spiro atoms. The number of nitrogens with zero attached hydrogens (tertiary/aromatic N) is 1. The van der Waals surface area contributed by atoms with Crippen LogP contribution in [0.2, 0.25) is 0 Å². The van der Waals surface area contributed by atoms with E-state index in [0.29, 0.717) is 54.8 Å². The first-order chi connectivity index (χ1) is 24.4. The van der Waals surface area contributed by atoms with Gasteiger partial charge >= 0.3 is 17.9 Å². The highest BCUT2D eigenvalue weighted by molar-refractivity contribution is 5.88. The van der Waals surface area contributed by atoms with E-state index < -0.39 is 17.9 Å². The maximum Gasteiger partial charge on any atom is 0.335 e. The van der Waals surface area contributed by atoms with Crippen LogP contribution in [0, 0.1) is 51.2 Å². The van der Waals surface area contributed by atoms with Gasteiger partial charge < -0.3 is 25.5 Å². The Morgan fingerprint density at radius 3 is 2.06 bits per heavy atom. The smallest absolute Gasteiger partial charge is 0.335 e. The van der Waals surface area contributed by atoms with Gasteiger partial charge in [-0.2, -0.15) is 0 Å². The standard InChI is InChI=1S/C44H64N2O6/c1-28(2)31-14-21-44(45-24-27-46(25-17-36(47)48)26-18-37(49)50)23-22-42(6)33(38(31)44)12-13-35-41(5)19-15-32(29-8-10-30(11-9-29)39(51)52)40(3,4)34(41)16-20-43(35,42)7/h8-11,15,31,33-35,38,45H,1,12-14,16-27H2,2-7H3,(H,47,48)(H,49,50)(H,51,52). The molecule has 0 saturated heterocycles. The molecule has 0 bridgehead atoms. The zero-order valence-electron chi connectivity index (χ0n) is 32.6. The lowest BCUT2D eigenvalue weighted by molar-refractivity contribution is -0.219. The van der Waals surface area contributed by atoms with Crippen LogP contribution in [0.15, 0.2) is 42.5 Å². The second-order valence-electron chi connectivity index (χ2n) is 18.8. The lowest BCUT2D eigenvalue weighted by Gasteiger charge is -2.72. The van der Waals surface area contributed by atoms with Crippen LogP contribution in [-0.4, -0.2) is 69.8 Å². The first kappa shape index (κ1) is 38.7. The van der Waals surface area contributed by atoms with Crippen LogP contribution in [-0.2, 0) is 9.59 Å². The number of allylic oxidation sites excluding steroid dienone is 3. The summed E-state index contributed by atoms with van der Waals surface area (Å²) >= 11 is 0. The minimum atomic E-state index is -0.887. The molecule has 8 nitrogen and oxygen atoms in total. The van der Waals surface area contributed by atoms with Crippen LogP contribution in [0.1, 0.15) is 128 Å². The zero-order valence-corrected chi connectivity index (χ0v) is 32.6. The Morgan fingerprint density at radius 2 is 1.46 bits per heavy atom. The lowest BCUT2D eigenvalue weighted by Crippen LogP contribution is -2.68. The van der Waals surface area contributed by atoms with E-state index >= 15 is 0 Å². The van der Waals surface area contributed by atoms with Crippen molar-refractivity contribution in [2.45, 2.75) is 118 Å². The van der Waals surface area contributed by atoms with E-state index in [1.807, 2.05) is 17.0 Å². The zero-order chi connectivity index (χ0) is 37.9. The fourth-order valence-electron chi connectivity index (χ4n) is 13.6. The van der Waals surface area contributed by atoms with Crippen molar-refractivity contribution < 1.29 is 29.7 Å². The molecule has 0 aliphatic heterocycles. The molecule has 8 heteroatoms. The van der Waals surface area contributed by atoms with Gasteiger partial charge in [-0.3, -0.25) is 9.59 Å². The van der Waals surface area contributed by atoms with Crippen LogP contribution in [0.4, 0.5) is 0 Å². The Labute approximate surface area is 311 Å². The lowest BCUT2D eigenvalue weighted by atomic mass is 9.33. The molecule has 0 aromatic heterocycles. The number of carboxylic acids is 3. The molecule has 0 radical (unpaired) electrons. The number of carboxylic acid groups (broad SMARTS) is 3. The van der Waals surface area contributed by atoms with Gasteiger partial charge in [0.2, 0.25) is 0 Å². The molecule has 9 atom stereocenters. The number of hydrogen-bond acceptors (Lipinski definition) is 5. The summed E-state index contributed by atoms with van der Waals surface area (Å²) in [5.74, 6) is 0.132. The average molecular weight is 717 g/mol. The Kier molecular flexibility index (Phi) is 10.5. The fourth-order valence-corrected chi connectivity index (χ4v) is 13.6. The van der Waals surface area contributed by atoms with Crippen molar-refractivity contribution in [2.24, 2.45) is 51.2 Å². The number of rotatable bonds is 13. The van der Waals surface area contributed by atoms with Crippen LogP contribution < -0.4 is 5.32 Å². The third kappa shape index (κ3) is 6.37. The summed E-state index contributed by atoms with van der Waals surface area (Å²) in [6, 6.07) is 7.50. The maximum atomic E-state index is 11.6. The molecule has 52 heavy (non-hydrogen) atoms. The van der Waals surface area contributed by atoms with E-state index in [0.717, 1.165) is 37.8 Å². The number of aromatic carboxylic acids is 1. The maximum absolute atomic E-state index is 11.6. The van der Waals surface area contributed by atoms with E-state index in [4.69, 9.17) is 0 Å². The van der Waals surface area contributed by atoms with E-state index in [2.05, 4.69) is 59.5 Å². The number of fused-ring (bicyclic) bond motifs is 7. The summed E-state index contributed by atoms with van der Waals surface area (Å²) < 4.78 is 0. The minimum Gasteiger partial charge on any atom is -0.481 e. The molecule has 5 aliphatic carbocycles. The van der Waals surface area contributed by atoms with Crippen molar-refractivity contribution in [3.8, 4) is 0 Å². The van der Waals surface area contributed by atoms with Crippen LogP contribution >= 0.6 is 0 Å². The van der Waals surface area contributed by atoms with Gasteiger partial charge in [-0.05, 0) is 139 Å². The molecule has 9 unspecified atom stereocenters.